The number of aromatic nitrogens is 4. The number of nitro groups is 1. The summed E-state index contributed by atoms with van der Waals surface area (Å²) in [5, 5.41) is 47.2. The molecule has 5 aromatic rings. The van der Waals surface area contributed by atoms with Crippen LogP contribution < -0.4 is 11.1 Å². The van der Waals surface area contributed by atoms with Crippen LogP contribution in [0.15, 0.2) is 76.3 Å². The maximum absolute atomic E-state index is 14.0. The molecule has 0 aliphatic heterocycles. The Morgan fingerprint density at radius 2 is 1.26 bits per heavy atom. The topological polar surface area (TPSA) is 214 Å². The zero-order chi connectivity index (χ0) is 31.2. The quantitative estimate of drug-likeness (QED) is 0.133. The summed E-state index contributed by atoms with van der Waals surface area (Å²) in [6, 6.07) is 14.4. The first kappa shape index (κ1) is 28.4. The molecule has 0 atom stereocenters. The number of nitro benzene ring substituents is 1. The van der Waals surface area contributed by atoms with Crippen LogP contribution in [0.2, 0.25) is 0 Å². The number of hydrogen-bond donors (Lipinski definition) is 5. The van der Waals surface area contributed by atoms with Crippen LogP contribution in [0.4, 0.5) is 5.69 Å². The molecular weight excluding hydrogens is 562 g/mol. The van der Waals surface area contributed by atoms with Gasteiger partial charge in [0.25, 0.3) is 16.8 Å². The van der Waals surface area contributed by atoms with Crippen molar-refractivity contribution >= 4 is 17.6 Å². The first-order valence-electron chi connectivity index (χ1n) is 12.7. The van der Waals surface area contributed by atoms with Gasteiger partial charge in [0.05, 0.1) is 44.5 Å². The number of aromatic amines is 2. The number of aromatic carboxylic acids is 2. The Labute approximate surface area is 240 Å². The van der Waals surface area contributed by atoms with E-state index in [4.69, 9.17) is 0 Å². The van der Waals surface area contributed by atoms with Crippen LogP contribution in [0.1, 0.15) is 54.7 Å². The van der Waals surface area contributed by atoms with E-state index in [1.165, 1.54) is 62.4 Å². The molecule has 14 heteroatoms. The van der Waals surface area contributed by atoms with Crippen molar-refractivity contribution < 1.29 is 29.8 Å². The van der Waals surface area contributed by atoms with Crippen molar-refractivity contribution in [1.82, 2.24) is 19.6 Å². The van der Waals surface area contributed by atoms with Crippen LogP contribution in [-0.4, -0.2) is 51.7 Å². The predicted molar refractivity (Wildman–Crippen MR) is 152 cm³/mol. The Kier molecular flexibility index (Phi) is 7.03. The Morgan fingerprint density at radius 3 is 1.67 bits per heavy atom. The fourth-order valence-corrected chi connectivity index (χ4v) is 5.06. The highest BCUT2D eigenvalue weighted by Crippen LogP contribution is 2.38. The number of nitrogens with zero attached hydrogens (tertiary/aromatic N) is 3. The number of nitrogens with one attached hydrogen (secondary N) is 2. The highest BCUT2D eigenvalue weighted by Gasteiger charge is 2.33. The van der Waals surface area contributed by atoms with Crippen molar-refractivity contribution in [2.45, 2.75) is 19.8 Å². The number of phenols is 1. The van der Waals surface area contributed by atoms with Crippen LogP contribution in [0.25, 0.3) is 11.4 Å². The SMILES string of the molecule is Cc1[nH]n(-c2cccc(C(=O)O)c2)c(=O)c1C(c1cc([N+](=O)[O-])ccc1O)c1c(C)[nH]n(-c2cccc(C(=O)O)c2)c1=O. The molecule has 0 aliphatic rings. The molecule has 0 amide bonds. The summed E-state index contributed by atoms with van der Waals surface area (Å²) >= 11 is 0. The second kappa shape index (κ2) is 10.7. The van der Waals surface area contributed by atoms with Gasteiger partial charge in [-0.1, -0.05) is 12.1 Å². The zero-order valence-corrected chi connectivity index (χ0v) is 22.6. The molecule has 0 saturated carbocycles. The maximum atomic E-state index is 14.0. The highest BCUT2D eigenvalue weighted by atomic mass is 16.6. The van der Waals surface area contributed by atoms with E-state index in [0.29, 0.717) is 0 Å². The lowest BCUT2D eigenvalue weighted by molar-refractivity contribution is -0.384. The second-order valence-corrected chi connectivity index (χ2v) is 9.73. The minimum absolute atomic E-state index is 0.0397. The predicted octanol–water partition coefficient (Wildman–Crippen LogP) is 3.45. The summed E-state index contributed by atoms with van der Waals surface area (Å²) in [5.41, 5.74) is -1.33. The number of H-pyrrole nitrogens is 2. The smallest absolute Gasteiger partial charge is 0.335 e. The highest BCUT2D eigenvalue weighted by molar-refractivity contribution is 5.88. The third-order valence-corrected chi connectivity index (χ3v) is 7.05. The summed E-state index contributed by atoms with van der Waals surface area (Å²) < 4.78 is 2.16. The molecule has 43 heavy (non-hydrogen) atoms. The Bertz CT molecular complexity index is 1950. The number of carboxylic acid groups (broad SMARTS) is 2. The van der Waals surface area contributed by atoms with Crippen molar-refractivity contribution in [2.24, 2.45) is 0 Å². The van der Waals surface area contributed by atoms with Gasteiger partial charge < -0.3 is 15.3 Å². The van der Waals surface area contributed by atoms with Crippen molar-refractivity contribution in [1.29, 1.82) is 0 Å². The summed E-state index contributed by atoms with van der Waals surface area (Å²) in [7, 11) is 0. The normalized spacial score (nSPS) is 11.1. The van der Waals surface area contributed by atoms with E-state index >= 15 is 0 Å². The van der Waals surface area contributed by atoms with Gasteiger partial charge in [-0.2, -0.15) is 0 Å². The van der Waals surface area contributed by atoms with Crippen molar-refractivity contribution in [2.75, 3.05) is 0 Å². The van der Waals surface area contributed by atoms with E-state index in [1.54, 1.807) is 0 Å². The number of hydrogen-bond acceptors (Lipinski definition) is 7. The molecule has 0 fully saturated rings. The standard InChI is InChI=1S/C29H23N5O9/c1-14-23(26(36)32(30-14)18-7-3-5-16(11-18)28(38)39)25(21-13-20(34(42)43)9-10-22(21)35)24-15(2)31-33(27(24)37)19-8-4-6-17(12-19)29(40)41/h3-13,25,30-31,35H,1-2H3,(H,38,39)(H,40,41). The molecule has 5 rings (SSSR count). The number of rotatable bonds is 8. The van der Waals surface area contributed by atoms with Gasteiger partial charge in [0.15, 0.2) is 0 Å². The van der Waals surface area contributed by atoms with Crippen molar-refractivity contribution in [3.8, 4) is 17.1 Å². The molecule has 0 aliphatic carbocycles. The van der Waals surface area contributed by atoms with Crippen LogP contribution in [0.5, 0.6) is 5.75 Å². The average molecular weight is 586 g/mol. The maximum Gasteiger partial charge on any atom is 0.335 e. The summed E-state index contributed by atoms with van der Waals surface area (Å²) in [4.78, 5) is 62.1. The first-order valence-corrected chi connectivity index (χ1v) is 12.7. The number of non-ortho nitro benzene ring substituents is 1. The fraction of sp³-hybridized carbons (Fsp3) is 0.103. The molecule has 0 spiro atoms. The summed E-state index contributed by atoms with van der Waals surface area (Å²) in [5.74, 6) is -4.20. The van der Waals surface area contributed by atoms with E-state index in [1.807, 2.05) is 0 Å². The lowest BCUT2D eigenvalue weighted by atomic mass is 9.84. The Balaban J connectivity index is 1.81. The number of benzene rings is 3. The second-order valence-electron chi connectivity index (χ2n) is 9.73. The molecule has 2 heterocycles. The largest absolute Gasteiger partial charge is 0.508 e. The van der Waals surface area contributed by atoms with Gasteiger partial charge in [-0.3, -0.25) is 29.9 Å². The van der Waals surface area contributed by atoms with Gasteiger partial charge in [-0.25, -0.2) is 19.0 Å². The van der Waals surface area contributed by atoms with Crippen molar-refractivity contribution in [3.63, 3.8) is 0 Å². The summed E-state index contributed by atoms with van der Waals surface area (Å²) in [6.45, 7) is 3.07. The number of aromatic hydroxyl groups is 1. The van der Waals surface area contributed by atoms with E-state index in [9.17, 15) is 44.6 Å². The van der Waals surface area contributed by atoms with Crippen molar-refractivity contribution in [3.05, 3.63) is 137 Å². The molecule has 14 nitrogen and oxygen atoms in total. The minimum atomic E-state index is -1.35. The molecule has 5 N–H and O–H groups in total. The van der Waals surface area contributed by atoms with E-state index < -0.39 is 45.3 Å². The first-order chi connectivity index (χ1) is 20.4. The van der Waals surface area contributed by atoms with Crippen LogP contribution >= 0.6 is 0 Å². The zero-order valence-electron chi connectivity index (χ0n) is 22.6. The molecular formula is C29H23N5O9. The number of carbonyl (C=O) groups is 2. The number of phenolic OH excluding ortho intramolecular Hbond substituents is 1. The number of carboxylic acids is 2. The van der Waals surface area contributed by atoms with Crippen LogP contribution in [-0.2, 0) is 0 Å². The van der Waals surface area contributed by atoms with Gasteiger partial charge in [-0.05, 0) is 56.3 Å². The van der Waals surface area contributed by atoms with E-state index in [0.717, 1.165) is 27.6 Å². The third kappa shape index (κ3) is 4.97. The molecule has 0 radical (unpaired) electrons. The molecule has 2 aromatic heterocycles. The van der Waals surface area contributed by atoms with Gasteiger partial charge in [-0.15, -0.1) is 0 Å². The molecule has 0 saturated heterocycles. The molecule has 3 aromatic carbocycles. The molecule has 218 valence electrons. The molecule has 0 unspecified atom stereocenters. The monoisotopic (exact) mass is 585 g/mol. The Hall–Kier alpha value is -6.18. The van der Waals surface area contributed by atoms with Gasteiger partial charge in [0, 0.05) is 29.1 Å². The average Bonchev–Trinajstić information content (AvgIpc) is 3.44. The fourth-order valence-electron chi connectivity index (χ4n) is 5.06. The van der Waals surface area contributed by atoms with Gasteiger partial charge in [0.2, 0.25) is 0 Å². The lowest BCUT2D eigenvalue weighted by Crippen LogP contribution is -2.25. The summed E-state index contributed by atoms with van der Waals surface area (Å²) in [6.07, 6.45) is 0. The van der Waals surface area contributed by atoms with Crippen LogP contribution in [0.3, 0.4) is 0 Å². The minimum Gasteiger partial charge on any atom is -0.508 e. The van der Waals surface area contributed by atoms with Gasteiger partial charge in [0.1, 0.15) is 5.75 Å². The van der Waals surface area contributed by atoms with Crippen LogP contribution in [0, 0.1) is 24.0 Å². The van der Waals surface area contributed by atoms with E-state index in [2.05, 4.69) is 10.2 Å². The third-order valence-electron chi connectivity index (χ3n) is 7.05. The number of aryl methyl sites for hydroxylation is 2. The molecule has 0 bridgehead atoms. The lowest BCUT2D eigenvalue weighted by Gasteiger charge is -2.17. The Morgan fingerprint density at radius 1 is 0.791 bits per heavy atom. The van der Waals surface area contributed by atoms with Gasteiger partial charge >= 0.3 is 11.9 Å². The van der Waals surface area contributed by atoms with E-state index in [-0.39, 0.29) is 50.6 Å².